The number of carbonyl (C=O) groups is 1. The number of nitrogens with zero attached hydrogens (tertiary/aromatic N) is 3. The van der Waals surface area contributed by atoms with Crippen LogP contribution in [0.1, 0.15) is 30.2 Å². The number of likely N-dealkylation sites (tertiary alicyclic amines) is 1. The number of carbonyl (C=O) groups excluding carboxylic acids is 1. The maximum Gasteiger partial charge on any atom is 0.416 e. The van der Waals surface area contributed by atoms with Gasteiger partial charge in [-0.15, -0.1) is 10.2 Å². The third-order valence-corrected chi connectivity index (χ3v) is 5.73. The number of alkyl halides is 3. The molecule has 6 nitrogen and oxygen atoms in total. The molecule has 1 aromatic heterocycles. The maximum absolute atomic E-state index is 13.1. The molecule has 33 heavy (non-hydrogen) atoms. The lowest BCUT2D eigenvalue weighted by Crippen LogP contribution is -2.38. The van der Waals surface area contributed by atoms with Crippen molar-refractivity contribution in [2.24, 2.45) is 0 Å². The van der Waals surface area contributed by atoms with Gasteiger partial charge in [0.05, 0.1) is 22.8 Å². The third kappa shape index (κ3) is 5.69. The molecule has 1 amide bonds. The summed E-state index contributed by atoms with van der Waals surface area (Å²) in [6, 6.07) is 8.54. The van der Waals surface area contributed by atoms with Gasteiger partial charge in [0.2, 0.25) is 17.7 Å². The zero-order valence-corrected chi connectivity index (χ0v) is 18.0. The Morgan fingerprint density at radius 3 is 2.48 bits per heavy atom. The van der Waals surface area contributed by atoms with Crippen LogP contribution in [0.4, 0.5) is 23.2 Å². The molecule has 0 atom stereocenters. The number of nitrogens with one attached hydrogen (secondary N) is 1. The van der Waals surface area contributed by atoms with Crippen LogP contribution in [-0.2, 0) is 11.0 Å². The van der Waals surface area contributed by atoms with Crippen LogP contribution >= 0.6 is 11.6 Å². The van der Waals surface area contributed by atoms with Crippen molar-refractivity contribution in [3.8, 4) is 11.5 Å². The van der Waals surface area contributed by atoms with Crippen molar-refractivity contribution >= 4 is 23.2 Å². The molecule has 0 saturated carbocycles. The lowest BCUT2D eigenvalue weighted by atomic mass is 9.97. The molecule has 0 bridgehead atoms. The molecule has 1 fully saturated rings. The molecule has 4 rings (SSSR count). The minimum atomic E-state index is -4.53. The minimum absolute atomic E-state index is 0.0175. The summed E-state index contributed by atoms with van der Waals surface area (Å²) in [4.78, 5) is 14.3. The second-order valence-corrected chi connectivity index (χ2v) is 8.15. The van der Waals surface area contributed by atoms with E-state index in [1.807, 2.05) is 4.90 Å². The van der Waals surface area contributed by atoms with Crippen LogP contribution < -0.4 is 5.32 Å². The molecule has 3 aromatic rings. The van der Waals surface area contributed by atoms with Gasteiger partial charge in [-0.3, -0.25) is 9.69 Å². The Morgan fingerprint density at radius 1 is 1.12 bits per heavy atom. The largest absolute Gasteiger partial charge is 0.420 e. The van der Waals surface area contributed by atoms with Crippen molar-refractivity contribution < 1.29 is 26.8 Å². The van der Waals surface area contributed by atoms with Gasteiger partial charge in [0.15, 0.2) is 0 Å². The third-order valence-electron chi connectivity index (χ3n) is 5.40. The summed E-state index contributed by atoms with van der Waals surface area (Å²) in [5, 5.41) is 10.6. The number of halogens is 5. The molecule has 2 aromatic carbocycles. The Hall–Kier alpha value is -2.98. The Kier molecular flexibility index (Phi) is 6.66. The van der Waals surface area contributed by atoms with Crippen molar-refractivity contribution in [1.82, 2.24) is 15.1 Å². The van der Waals surface area contributed by atoms with E-state index in [0.29, 0.717) is 43.3 Å². The SMILES string of the molecule is O=C(CN1CCC(c2nnc(-c3ccc(F)cc3)o2)CC1)Nc1cc(C(F)(F)F)ccc1Cl. The number of amides is 1. The smallest absolute Gasteiger partial charge is 0.416 e. The van der Waals surface area contributed by atoms with E-state index < -0.39 is 17.6 Å². The number of rotatable bonds is 5. The number of benzene rings is 2. The normalized spacial score (nSPS) is 15.5. The van der Waals surface area contributed by atoms with Gasteiger partial charge in [-0.1, -0.05) is 11.6 Å². The summed E-state index contributed by atoms with van der Waals surface area (Å²) in [5.41, 5.74) is -0.342. The Bertz CT molecular complexity index is 1130. The van der Waals surface area contributed by atoms with E-state index in [1.165, 1.54) is 12.1 Å². The molecule has 174 valence electrons. The van der Waals surface area contributed by atoms with E-state index in [0.717, 1.165) is 18.2 Å². The van der Waals surface area contributed by atoms with E-state index in [1.54, 1.807) is 12.1 Å². The molecular formula is C22H19ClF4N4O2. The molecule has 1 aliphatic heterocycles. The quantitative estimate of drug-likeness (QED) is 0.495. The van der Waals surface area contributed by atoms with Crippen LogP contribution in [0.25, 0.3) is 11.5 Å². The molecule has 1 saturated heterocycles. The van der Waals surface area contributed by atoms with Crippen LogP contribution in [-0.4, -0.2) is 40.6 Å². The zero-order valence-electron chi connectivity index (χ0n) is 17.2. The van der Waals surface area contributed by atoms with Gasteiger partial charge in [0.1, 0.15) is 5.82 Å². The number of anilines is 1. The minimum Gasteiger partial charge on any atom is -0.420 e. The van der Waals surface area contributed by atoms with Crippen molar-refractivity contribution in [3.05, 3.63) is 64.8 Å². The van der Waals surface area contributed by atoms with E-state index >= 15 is 0 Å². The van der Waals surface area contributed by atoms with Gasteiger partial charge in [0, 0.05) is 11.5 Å². The van der Waals surface area contributed by atoms with Crippen molar-refractivity contribution in [1.29, 1.82) is 0 Å². The summed E-state index contributed by atoms with van der Waals surface area (Å²) in [6.45, 7) is 1.16. The fraction of sp³-hybridized carbons (Fsp3) is 0.318. The average Bonchev–Trinajstić information content (AvgIpc) is 3.26. The first-order chi connectivity index (χ1) is 15.7. The fourth-order valence-electron chi connectivity index (χ4n) is 3.64. The number of hydrogen-bond acceptors (Lipinski definition) is 5. The van der Waals surface area contributed by atoms with Gasteiger partial charge < -0.3 is 9.73 Å². The van der Waals surface area contributed by atoms with Gasteiger partial charge >= 0.3 is 6.18 Å². The topological polar surface area (TPSA) is 71.3 Å². The molecule has 0 aliphatic carbocycles. The monoisotopic (exact) mass is 482 g/mol. The summed E-state index contributed by atoms with van der Waals surface area (Å²) in [7, 11) is 0. The molecule has 0 radical (unpaired) electrons. The Labute approximate surface area is 191 Å². The van der Waals surface area contributed by atoms with Gasteiger partial charge in [-0.25, -0.2) is 4.39 Å². The number of aromatic nitrogens is 2. The lowest BCUT2D eigenvalue weighted by molar-refractivity contribution is -0.137. The molecule has 2 heterocycles. The predicted molar refractivity (Wildman–Crippen MR) is 113 cm³/mol. The molecule has 1 aliphatic rings. The number of hydrogen-bond donors (Lipinski definition) is 1. The summed E-state index contributed by atoms with van der Waals surface area (Å²) >= 11 is 5.94. The first-order valence-electron chi connectivity index (χ1n) is 10.2. The summed E-state index contributed by atoms with van der Waals surface area (Å²) in [6.07, 6.45) is -3.19. The molecule has 1 N–H and O–H groups in total. The highest BCUT2D eigenvalue weighted by Crippen LogP contribution is 2.34. The van der Waals surface area contributed by atoms with Crippen LogP contribution in [0.15, 0.2) is 46.9 Å². The van der Waals surface area contributed by atoms with Crippen molar-refractivity contribution in [2.75, 3.05) is 25.0 Å². The number of piperidine rings is 1. The van der Waals surface area contributed by atoms with Crippen molar-refractivity contribution in [3.63, 3.8) is 0 Å². The Balaban J connectivity index is 1.31. The molecule has 11 heteroatoms. The van der Waals surface area contributed by atoms with E-state index in [9.17, 15) is 22.4 Å². The molecular weight excluding hydrogens is 464 g/mol. The van der Waals surface area contributed by atoms with E-state index in [2.05, 4.69) is 15.5 Å². The predicted octanol–water partition coefficient (Wildman–Crippen LogP) is 5.37. The first-order valence-corrected chi connectivity index (χ1v) is 10.5. The van der Waals surface area contributed by atoms with Gasteiger partial charge in [0.25, 0.3) is 0 Å². The second kappa shape index (κ2) is 9.48. The van der Waals surface area contributed by atoms with Crippen LogP contribution in [0.2, 0.25) is 5.02 Å². The first kappa shape index (κ1) is 23.2. The summed E-state index contributed by atoms with van der Waals surface area (Å²) < 4.78 is 57.5. The van der Waals surface area contributed by atoms with E-state index in [4.69, 9.17) is 16.0 Å². The zero-order chi connectivity index (χ0) is 23.6. The van der Waals surface area contributed by atoms with Gasteiger partial charge in [-0.05, 0) is 68.4 Å². The van der Waals surface area contributed by atoms with Gasteiger partial charge in [-0.2, -0.15) is 13.2 Å². The van der Waals surface area contributed by atoms with Crippen molar-refractivity contribution in [2.45, 2.75) is 24.9 Å². The maximum atomic E-state index is 13.1. The average molecular weight is 483 g/mol. The highest BCUT2D eigenvalue weighted by molar-refractivity contribution is 6.33. The summed E-state index contributed by atoms with van der Waals surface area (Å²) in [5.74, 6) is -0.000782. The molecule has 0 unspecified atom stereocenters. The lowest BCUT2D eigenvalue weighted by Gasteiger charge is -2.29. The van der Waals surface area contributed by atoms with Crippen LogP contribution in [0.5, 0.6) is 0 Å². The molecule has 0 spiro atoms. The van der Waals surface area contributed by atoms with E-state index in [-0.39, 0.29) is 29.0 Å². The highest BCUT2D eigenvalue weighted by atomic mass is 35.5. The second-order valence-electron chi connectivity index (χ2n) is 7.74. The highest BCUT2D eigenvalue weighted by Gasteiger charge is 2.31. The fourth-order valence-corrected chi connectivity index (χ4v) is 3.80. The Morgan fingerprint density at radius 2 is 1.82 bits per heavy atom. The standard InChI is InChI=1S/C22H19ClF4N4O2/c23-17-6-3-15(22(25,26)27)11-18(17)28-19(32)12-31-9-7-14(8-10-31)21-30-29-20(33-21)13-1-4-16(24)5-2-13/h1-6,11,14H,7-10,12H2,(H,28,32). The van der Waals surface area contributed by atoms with Crippen LogP contribution in [0.3, 0.4) is 0 Å². The van der Waals surface area contributed by atoms with Crippen LogP contribution in [0, 0.1) is 5.82 Å².